The summed E-state index contributed by atoms with van der Waals surface area (Å²) in [6.45, 7) is 11.9. The zero-order chi connectivity index (χ0) is 68.0. The van der Waals surface area contributed by atoms with Gasteiger partial charge in [-0.1, -0.05) is 318 Å². The molecule has 546 valence electrons. The van der Waals surface area contributed by atoms with Gasteiger partial charge in [-0.3, -0.25) is 37.3 Å². The monoisotopic (exact) mass is 1350 g/mol. The SMILES string of the molecule is CCCCCCCCCC(=O)OC[C@H](COP(=O)(O)OC[C@H](O)COP(=O)(O)OC[C@@H](COC(=O)CCCCCCCCCCCCC(C)CC)OC(=O)CCCCCCCCCCCCCCCCCCC(C)C)OC(=O)CCCCCCCCCCCC(C)C. The summed E-state index contributed by atoms with van der Waals surface area (Å²) in [5, 5.41) is 10.6. The quantitative estimate of drug-likeness (QED) is 0.0222. The molecule has 3 N–H and O–H groups in total. The Hall–Kier alpha value is -1.94. The summed E-state index contributed by atoms with van der Waals surface area (Å²) in [6.07, 6.45) is 48.7. The summed E-state index contributed by atoms with van der Waals surface area (Å²) < 4.78 is 68.3. The third-order valence-electron chi connectivity index (χ3n) is 17.2. The van der Waals surface area contributed by atoms with Crippen LogP contribution in [0.2, 0.25) is 0 Å². The first-order chi connectivity index (χ1) is 44.3. The Kier molecular flexibility index (Phi) is 62.4. The van der Waals surface area contributed by atoms with Crippen LogP contribution in [0.1, 0.15) is 370 Å². The number of phosphoric acid groups is 2. The molecule has 17 nitrogen and oxygen atoms in total. The van der Waals surface area contributed by atoms with Gasteiger partial charge in [-0.15, -0.1) is 0 Å². The van der Waals surface area contributed by atoms with Gasteiger partial charge in [0.2, 0.25) is 0 Å². The van der Waals surface area contributed by atoms with Crippen LogP contribution in [0.3, 0.4) is 0 Å². The Morgan fingerprint density at radius 3 is 0.826 bits per heavy atom. The lowest BCUT2D eigenvalue weighted by Gasteiger charge is -2.21. The molecule has 0 bridgehead atoms. The van der Waals surface area contributed by atoms with Crippen LogP contribution in [-0.4, -0.2) is 96.7 Å². The van der Waals surface area contributed by atoms with Crippen molar-refractivity contribution in [3.05, 3.63) is 0 Å². The van der Waals surface area contributed by atoms with Crippen molar-refractivity contribution in [2.24, 2.45) is 17.8 Å². The van der Waals surface area contributed by atoms with Crippen molar-refractivity contribution in [3.8, 4) is 0 Å². The van der Waals surface area contributed by atoms with E-state index in [0.717, 1.165) is 120 Å². The zero-order valence-corrected chi connectivity index (χ0v) is 61.8. The molecule has 0 spiro atoms. The number of carbonyl (C=O) groups excluding carboxylic acids is 4. The van der Waals surface area contributed by atoms with Crippen LogP contribution >= 0.6 is 15.6 Å². The largest absolute Gasteiger partial charge is 0.472 e. The van der Waals surface area contributed by atoms with E-state index in [1.165, 1.54) is 167 Å². The fraction of sp³-hybridized carbons (Fsp3) is 0.945. The van der Waals surface area contributed by atoms with Gasteiger partial charge in [0.1, 0.15) is 19.3 Å². The van der Waals surface area contributed by atoms with Gasteiger partial charge in [-0.2, -0.15) is 0 Å². The maximum Gasteiger partial charge on any atom is 0.472 e. The van der Waals surface area contributed by atoms with E-state index in [1.807, 2.05) is 0 Å². The zero-order valence-electron chi connectivity index (χ0n) is 60.0. The predicted molar refractivity (Wildman–Crippen MR) is 372 cm³/mol. The second kappa shape index (κ2) is 63.8. The van der Waals surface area contributed by atoms with E-state index in [2.05, 4.69) is 48.5 Å². The summed E-state index contributed by atoms with van der Waals surface area (Å²) >= 11 is 0. The third-order valence-corrected chi connectivity index (χ3v) is 19.1. The Bertz CT molecular complexity index is 1800. The molecule has 0 aliphatic heterocycles. The number of unbranched alkanes of at least 4 members (excludes halogenated alkanes) is 38. The average molecular weight is 1350 g/mol. The minimum atomic E-state index is -4.95. The third kappa shape index (κ3) is 65.4. The van der Waals surface area contributed by atoms with Crippen LogP contribution in [0.25, 0.3) is 0 Å². The molecule has 6 atom stereocenters. The van der Waals surface area contributed by atoms with Crippen LogP contribution < -0.4 is 0 Å². The van der Waals surface area contributed by atoms with Crippen molar-refractivity contribution in [1.29, 1.82) is 0 Å². The Labute approximate surface area is 562 Å². The second-order valence-electron chi connectivity index (χ2n) is 27.5. The number of aliphatic hydroxyl groups excluding tert-OH is 1. The lowest BCUT2D eigenvalue weighted by molar-refractivity contribution is -0.161. The van der Waals surface area contributed by atoms with Crippen molar-refractivity contribution < 1.29 is 80.2 Å². The maximum atomic E-state index is 13.1. The number of phosphoric ester groups is 2. The molecule has 0 saturated carbocycles. The highest BCUT2D eigenvalue weighted by atomic mass is 31.2. The minimum absolute atomic E-state index is 0.105. The van der Waals surface area contributed by atoms with Gasteiger partial charge in [-0.05, 0) is 43.4 Å². The van der Waals surface area contributed by atoms with Gasteiger partial charge in [0, 0.05) is 25.7 Å². The van der Waals surface area contributed by atoms with Gasteiger partial charge >= 0.3 is 39.5 Å². The molecule has 0 rings (SSSR count). The summed E-state index contributed by atoms with van der Waals surface area (Å²) in [5.74, 6) is 0.229. The molecule has 0 aromatic rings. The van der Waals surface area contributed by atoms with Crippen LogP contribution in [0.15, 0.2) is 0 Å². The topological polar surface area (TPSA) is 237 Å². The number of hydrogen-bond acceptors (Lipinski definition) is 15. The average Bonchev–Trinajstić information content (AvgIpc) is 3.56. The van der Waals surface area contributed by atoms with E-state index in [0.29, 0.717) is 25.7 Å². The van der Waals surface area contributed by atoms with Crippen LogP contribution in [0, 0.1) is 17.8 Å². The first kappa shape index (κ1) is 90.1. The normalized spacial score (nSPS) is 14.4. The number of ether oxygens (including phenoxy) is 4. The number of rotatable bonds is 71. The van der Waals surface area contributed by atoms with Crippen LogP contribution in [0.4, 0.5) is 0 Å². The molecule has 0 amide bonds. The molecular formula is C73H142O17P2. The van der Waals surface area contributed by atoms with Gasteiger partial charge in [0.15, 0.2) is 12.2 Å². The molecule has 0 aliphatic rings. The first-order valence-corrected chi connectivity index (χ1v) is 40.9. The van der Waals surface area contributed by atoms with E-state index in [1.54, 1.807) is 0 Å². The van der Waals surface area contributed by atoms with Gasteiger partial charge < -0.3 is 33.8 Å². The molecule has 0 aromatic heterocycles. The Morgan fingerprint density at radius 1 is 0.315 bits per heavy atom. The van der Waals surface area contributed by atoms with Crippen molar-refractivity contribution in [2.75, 3.05) is 39.6 Å². The maximum absolute atomic E-state index is 13.1. The van der Waals surface area contributed by atoms with Crippen molar-refractivity contribution in [1.82, 2.24) is 0 Å². The summed E-state index contributed by atoms with van der Waals surface area (Å²) in [5.41, 5.74) is 0. The Morgan fingerprint density at radius 2 is 0.554 bits per heavy atom. The molecule has 3 unspecified atom stereocenters. The second-order valence-corrected chi connectivity index (χ2v) is 30.4. The minimum Gasteiger partial charge on any atom is -0.462 e. The highest BCUT2D eigenvalue weighted by Gasteiger charge is 2.30. The fourth-order valence-electron chi connectivity index (χ4n) is 11.0. The van der Waals surface area contributed by atoms with Gasteiger partial charge in [0.25, 0.3) is 0 Å². The molecule has 0 fully saturated rings. The summed E-state index contributed by atoms with van der Waals surface area (Å²) in [7, 11) is -9.90. The van der Waals surface area contributed by atoms with E-state index >= 15 is 0 Å². The van der Waals surface area contributed by atoms with E-state index in [-0.39, 0.29) is 25.7 Å². The molecule has 0 aliphatic carbocycles. The van der Waals surface area contributed by atoms with E-state index in [9.17, 15) is 43.2 Å². The number of esters is 4. The highest BCUT2D eigenvalue weighted by Crippen LogP contribution is 2.45. The van der Waals surface area contributed by atoms with Crippen LogP contribution in [0.5, 0.6) is 0 Å². The standard InChI is InChI=1S/C73H142O17P2/c1-8-10-11-12-30-40-47-54-70(75)83-60-68(89-73(78)57-50-43-36-29-23-25-32-38-45-52-65(5)6)62-87-91(79,80)85-58-67(74)59-86-92(81,82)88-63-69(61-84-71(76)55-48-41-34-27-22-21-26-33-39-46-53-66(7)9-2)90-72(77)56-49-42-35-28-20-18-16-14-13-15-17-19-24-31-37-44-51-64(3)4/h64-69,74H,8-63H2,1-7H3,(H,79,80)(H,81,82)/t66?,67-,68+,69+/m0/s1. The molecule has 0 saturated heterocycles. The van der Waals surface area contributed by atoms with Crippen molar-refractivity contribution in [3.63, 3.8) is 0 Å². The molecular weight excluding hydrogens is 1210 g/mol. The smallest absolute Gasteiger partial charge is 0.462 e. The van der Waals surface area contributed by atoms with Gasteiger partial charge in [-0.25, -0.2) is 9.13 Å². The van der Waals surface area contributed by atoms with E-state index in [4.69, 9.17) is 37.0 Å². The lowest BCUT2D eigenvalue weighted by atomic mass is 9.99. The highest BCUT2D eigenvalue weighted by molar-refractivity contribution is 7.47. The van der Waals surface area contributed by atoms with Crippen molar-refractivity contribution >= 4 is 39.5 Å². The number of carbonyl (C=O) groups is 4. The Balaban J connectivity index is 5.20. The lowest BCUT2D eigenvalue weighted by Crippen LogP contribution is -2.30. The molecule has 19 heteroatoms. The summed E-state index contributed by atoms with van der Waals surface area (Å²) in [4.78, 5) is 72.5. The van der Waals surface area contributed by atoms with E-state index < -0.39 is 97.5 Å². The fourth-order valence-corrected chi connectivity index (χ4v) is 12.6. The molecule has 0 radical (unpaired) electrons. The molecule has 92 heavy (non-hydrogen) atoms. The molecule has 0 heterocycles. The van der Waals surface area contributed by atoms with Crippen LogP contribution in [-0.2, 0) is 65.4 Å². The molecule has 0 aromatic carbocycles. The summed E-state index contributed by atoms with van der Waals surface area (Å²) in [6, 6.07) is 0. The van der Waals surface area contributed by atoms with Crippen molar-refractivity contribution in [2.45, 2.75) is 388 Å². The predicted octanol–water partition coefficient (Wildman–Crippen LogP) is 21.0. The number of hydrogen-bond donors (Lipinski definition) is 3. The van der Waals surface area contributed by atoms with Gasteiger partial charge in [0.05, 0.1) is 26.4 Å². The number of aliphatic hydroxyl groups is 1. The first-order valence-electron chi connectivity index (χ1n) is 37.9.